The van der Waals surface area contributed by atoms with Crippen molar-refractivity contribution in [1.29, 1.82) is 0 Å². The molecule has 0 saturated carbocycles. The summed E-state index contributed by atoms with van der Waals surface area (Å²) in [5.41, 5.74) is 10.9. The Kier molecular flexibility index (Phi) is 10.4. The fourth-order valence-corrected chi connectivity index (χ4v) is 5.80. The van der Waals surface area contributed by atoms with Gasteiger partial charge < -0.3 is 31.2 Å². The van der Waals surface area contributed by atoms with Gasteiger partial charge in [-0.1, -0.05) is 11.2 Å². The summed E-state index contributed by atoms with van der Waals surface area (Å²) in [7, 11) is 1.99. The second-order valence-electron chi connectivity index (χ2n) is 9.08. The quantitative estimate of drug-likeness (QED) is 0.0581. The van der Waals surface area contributed by atoms with Crippen LogP contribution in [0.25, 0.3) is 0 Å². The Morgan fingerprint density at radius 1 is 1.38 bits per heavy atom. The normalized spacial score (nSPS) is 20.8. The van der Waals surface area contributed by atoms with Crippen LogP contribution >= 0.6 is 23.1 Å². The first-order valence-corrected chi connectivity index (χ1v) is 14.1. The Balaban J connectivity index is 1.74. The lowest BCUT2D eigenvalue weighted by Gasteiger charge is -2.49. The minimum Gasteiger partial charge on any atom is -0.477 e. The molecular formula is C24H31FN7O6S2+. The van der Waals surface area contributed by atoms with Crippen molar-refractivity contribution in [2.24, 2.45) is 10.9 Å². The molecule has 1 aromatic heterocycles. The SMILES string of the molecule is CC[N+](C)(C/C=C/C(N)=O)C/C=C/C1=C(C(=O)O)N2C(=O)[C@@H](NC(=O)/C(=N\OCCF)c3csc(N)n3)[C@H]2SC1. The number of carbonyl (C=O) groups excluding carboxylic acids is 3. The molecule has 1 saturated heterocycles. The van der Waals surface area contributed by atoms with Gasteiger partial charge in [0.05, 0.1) is 26.7 Å². The molecule has 0 aromatic carbocycles. The molecule has 3 heterocycles. The number of carboxylic acids is 1. The van der Waals surface area contributed by atoms with Gasteiger partial charge in [0.1, 0.15) is 36.1 Å². The van der Waals surface area contributed by atoms with E-state index < -0.39 is 41.8 Å². The molecule has 1 unspecified atom stereocenters. The summed E-state index contributed by atoms with van der Waals surface area (Å²) < 4.78 is 13.0. The number of halogens is 1. The van der Waals surface area contributed by atoms with Crippen LogP contribution in [0.15, 0.2) is 46.1 Å². The van der Waals surface area contributed by atoms with Gasteiger partial charge in [-0.05, 0) is 24.6 Å². The summed E-state index contributed by atoms with van der Waals surface area (Å²) in [5.74, 6) is -2.89. The fraction of sp³-hybridized carbons (Fsp3) is 0.417. The molecule has 3 rings (SSSR count). The number of alkyl halides is 1. The van der Waals surface area contributed by atoms with Crippen LogP contribution in [0.1, 0.15) is 12.6 Å². The van der Waals surface area contributed by atoms with Gasteiger partial charge in [0.2, 0.25) is 5.91 Å². The van der Waals surface area contributed by atoms with E-state index in [1.807, 2.05) is 20.0 Å². The number of oxime groups is 1. The van der Waals surface area contributed by atoms with Crippen molar-refractivity contribution in [1.82, 2.24) is 15.2 Å². The molecule has 16 heteroatoms. The molecule has 216 valence electrons. The minimum atomic E-state index is -1.26. The lowest BCUT2D eigenvalue weighted by Crippen LogP contribution is -2.71. The van der Waals surface area contributed by atoms with Gasteiger partial charge in [-0.25, -0.2) is 14.2 Å². The minimum absolute atomic E-state index is 0.0972. The number of aromatic nitrogens is 1. The van der Waals surface area contributed by atoms with E-state index in [4.69, 9.17) is 16.3 Å². The van der Waals surface area contributed by atoms with Crippen LogP contribution in [0.2, 0.25) is 0 Å². The van der Waals surface area contributed by atoms with Crippen molar-refractivity contribution in [2.75, 3.05) is 51.4 Å². The number of nitrogens with two attached hydrogens (primary N) is 2. The zero-order valence-electron chi connectivity index (χ0n) is 21.9. The first kappa shape index (κ1) is 30.8. The lowest BCUT2D eigenvalue weighted by molar-refractivity contribution is -0.896. The fourth-order valence-electron chi connectivity index (χ4n) is 3.93. The number of nitrogen functional groups attached to an aromatic ring is 1. The van der Waals surface area contributed by atoms with Gasteiger partial charge >= 0.3 is 5.97 Å². The number of hydrogen-bond acceptors (Lipinski definition) is 10. The van der Waals surface area contributed by atoms with Gasteiger partial charge in [0.15, 0.2) is 10.8 Å². The maximum absolute atomic E-state index is 13.0. The number of nitrogens with one attached hydrogen (secondary N) is 1. The van der Waals surface area contributed by atoms with E-state index in [9.17, 15) is 28.7 Å². The van der Waals surface area contributed by atoms with Crippen molar-refractivity contribution >= 4 is 57.6 Å². The zero-order valence-corrected chi connectivity index (χ0v) is 23.5. The summed E-state index contributed by atoms with van der Waals surface area (Å²) in [5, 5.41) is 17.1. The number of fused-ring (bicyclic) bond motifs is 1. The highest BCUT2D eigenvalue weighted by molar-refractivity contribution is 8.00. The number of anilines is 1. The highest BCUT2D eigenvalue weighted by atomic mass is 32.2. The Hall–Kier alpha value is -3.76. The number of allylic oxidation sites excluding steroid dienone is 1. The molecule has 0 spiro atoms. The number of carbonyl (C=O) groups is 4. The number of thioether (sulfide) groups is 1. The van der Waals surface area contributed by atoms with Gasteiger partial charge in [-0.15, -0.1) is 23.1 Å². The first-order valence-electron chi connectivity index (χ1n) is 12.2. The lowest BCUT2D eigenvalue weighted by atomic mass is 10.0. The maximum atomic E-state index is 13.0. The van der Waals surface area contributed by atoms with Gasteiger partial charge in [-0.3, -0.25) is 19.3 Å². The Labute approximate surface area is 238 Å². The summed E-state index contributed by atoms with van der Waals surface area (Å²) in [4.78, 5) is 59.1. The monoisotopic (exact) mass is 596 g/mol. The van der Waals surface area contributed by atoms with E-state index >= 15 is 0 Å². The topological polar surface area (TPSA) is 190 Å². The van der Waals surface area contributed by atoms with Crippen molar-refractivity contribution in [3.8, 4) is 0 Å². The van der Waals surface area contributed by atoms with Crippen molar-refractivity contribution in [3.05, 3.63) is 46.6 Å². The largest absolute Gasteiger partial charge is 0.477 e. The number of rotatable bonds is 14. The summed E-state index contributed by atoms with van der Waals surface area (Å²) >= 11 is 2.37. The molecule has 2 aliphatic rings. The number of amides is 3. The van der Waals surface area contributed by atoms with Crippen LogP contribution in [0.4, 0.5) is 9.52 Å². The summed E-state index contributed by atoms with van der Waals surface area (Å²) in [6.45, 7) is 2.64. The second-order valence-corrected chi connectivity index (χ2v) is 11.1. The van der Waals surface area contributed by atoms with E-state index in [1.165, 1.54) is 23.2 Å². The van der Waals surface area contributed by atoms with Gasteiger partial charge in [0, 0.05) is 17.2 Å². The number of nitrogens with zero attached hydrogens (tertiary/aromatic N) is 4. The van der Waals surface area contributed by atoms with E-state index in [0.717, 1.165) is 22.8 Å². The third kappa shape index (κ3) is 7.25. The van der Waals surface area contributed by atoms with E-state index in [1.54, 1.807) is 12.2 Å². The molecule has 40 heavy (non-hydrogen) atoms. The van der Waals surface area contributed by atoms with Gasteiger partial charge in [0.25, 0.3) is 11.8 Å². The standard InChI is InChI=1S/C24H30FN7O6S2/c1-3-32(2,10-5-7-16(26)33)9-4-6-14-12-39-22-18(21(35)31(22)19(14)23(36)37)29-20(34)17(30-38-11-8-25)15-13-40-24(27)28-15/h4-7,13,18,22H,3,8-12H2,1-2H3,(H5-,26,27,28,29,33,34,36,37)/p+1/b6-4+,7-5+,30-17-/t18-,22-,32?/m1/s1. The number of quaternary nitrogens is 1. The van der Waals surface area contributed by atoms with E-state index in [0.29, 0.717) is 28.9 Å². The van der Waals surface area contributed by atoms with E-state index in [-0.39, 0.29) is 28.8 Å². The molecular weight excluding hydrogens is 565 g/mol. The van der Waals surface area contributed by atoms with Crippen LogP contribution in [0.5, 0.6) is 0 Å². The third-order valence-corrected chi connectivity index (χ3v) is 8.22. The highest BCUT2D eigenvalue weighted by Crippen LogP contribution is 2.40. The number of aliphatic carboxylic acids is 1. The smallest absolute Gasteiger partial charge is 0.352 e. The van der Waals surface area contributed by atoms with Crippen LogP contribution in [0, 0.1) is 0 Å². The molecule has 13 nitrogen and oxygen atoms in total. The average Bonchev–Trinajstić information content (AvgIpc) is 3.34. The Morgan fingerprint density at radius 3 is 2.70 bits per heavy atom. The summed E-state index contributed by atoms with van der Waals surface area (Å²) in [6, 6.07) is -1.02. The van der Waals surface area contributed by atoms with Crippen LogP contribution in [-0.2, 0) is 24.0 Å². The highest BCUT2D eigenvalue weighted by Gasteiger charge is 2.54. The van der Waals surface area contributed by atoms with E-state index in [2.05, 4.69) is 15.5 Å². The molecule has 3 amide bonds. The molecule has 6 N–H and O–H groups in total. The number of β-lactam (4-membered cyclic amide) rings is 1. The number of primary amides is 1. The van der Waals surface area contributed by atoms with Crippen LogP contribution < -0.4 is 16.8 Å². The third-order valence-electron chi connectivity index (χ3n) is 6.25. The predicted octanol–water partition coefficient (Wildman–Crippen LogP) is 0.218. The maximum Gasteiger partial charge on any atom is 0.352 e. The first-order chi connectivity index (χ1) is 19.0. The molecule has 0 radical (unpaired) electrons. The molecule has 1 aromatic rings. The second kappa shape index (κ2) is 13.5. The Bertz CT molecular complexity index is 1280. The molecule has 0 aliphatic carbocycles. The molecule has 2 aliphatic heterocycles. The van der Waals surface area contributed by atoms with Gasteiger partial charge in [-0.2, -0.15) is 0 Å². The van der Waals surface area contributed by atoms with Crippen molar-refractivity contribution < 1.29 is 38.0 Å². The molecule has 0 bridgehead atoms. The van der Waals surface area contributed by atoms with Crippen LogP contribution in [0.3, 0.4) is 0 Å². The zero-order chi connectivity index (χ0) is 29.4. The molecule has 1 fully saturated rings. The summed E-state index contributed by atoms with van der Waals surface area (Å²) in [6.07, 6.45) is 6.53. The number of likely N-dealkylation sites (N-methyl/N-ethyl adjacent to an activating group) is 1. The predicted molar refractivity (Wildman–Crippen MR) is 149 cm³/mol. The average molecular weight is 597 g/mol. The van der Waals surface area contributed by atoms with Crippen molar-refractivity contribution in [2.45, 2.75) is 18.3 Å². The number of thiazole rings is 1. The molecule has 3 atom stereocenters. The number of hydrogen-bond donors (Lipinski definition) is 4. The number of carboxylic acid groups (broad SMARTS) is 1. The van der Waals surface area contributed by atoms with Crippen molar-refractivity contribution in [3.63, 3.8) is 0 Å². The Morgan fingerprint density at radius 2 is 2.10 bits per heavy atom. The van der Waals surface area contributed by atoms with Crippen LogP contribution in [-0.4, -0.2) is 106 Å².